The van der Waals surface area contributed by atoms with Gasteiger partial charge in [-0.05, 0) is 12.1 Å². The number of hydrogen-bond donors (Lipinski definition) is 0. The molecular weight excluding hydrogens is 294 g/mol. The molecule has 0 fully saturated rings. The molecule has 5 rings (SSSR count). The van der Waals surface area contributed by atoms with Crippen LogP contribution in [0.2, 0.25) is 0 Å². The lowest BCUT2D eigenvalue weighted by atomic mass is 10.3. The van der Waals surface area contributed by atoms with Crippen molar-refractivity contribution in [2.75, 3.05) is 18.1 Å². The van der Waals surface area contributed by atoms with E-state index in [0.29, 0.717) is 30.7 Å². The minimum atomic E-state index is -0.121. The molecule has 0 radical (unpaired) electrons. The fraction of sp³-hybridized carbons (Fsp3) is 0.312. The molecule has 0 aliphatic carbocycles. The summed E-state index contributed by atoms with van der Waals surface area (Å²) in [5.41, 5.74) is 2.39. The molecule has 0 bridgehead atoms. The first-order valence-electron chi connectivity index (χ1n) is 7.79. The van der Waals surface area contributed by atoms with Crippen molar-refractivity contribution in [1.82, 2.24) is 19.3 Å². The van der Waals surface area contributed by atoms with Gasteiger partial charge in [0.1, 0.15) is 0 Å². The van der Waals surface area contributed by atoms with Gasteiger partial charge in [0, 0.05) is 32.1 Å². The lowest BCUT2D eigenvalue weighted by Crippen LogP contribution is -2.30. The van der Waals surface area contributed by atoms with Crippen molar-refractivity contribution in [3.63, 3.8) is 0 Å². The first kappa shape index (κ1) is 12.7. The fourth-order valence-corrected chi connectivity index (χ4v) is 3.29. The largest absolute Gasteiger partial charge is 0.478 e. The molecule has 4 heterocycles. The molecule has 0 saturated carbocycles. The number of benzene rings is 1. The van der Waals surface area contributed by atoms with Gasteiger partial charge in [0.2, 0.25) is 11.8 Å². The highest BCUT2D eigenvalue weighted by Gasteiger charge is 2.31. The van der Waals surface area contributed by atoms with E-state index in [1.54, 1.807) is 15.6 Å². The number of carbonyl (C=O) groups is 1. The van der Waals surface area contributed by atoms with E-state index < -0.39 is 0 Å². The van der Waals surface area contributed by atoms with Crippen molar-refractivity contribution in [3.8, 4) is 5.88 Å². The lowest BCUT2D eigenvalue weighted by Gasteiger charge is -2.13. The van der Waals surface area contributed by atoms with Crippen molar-refractivity contribution >= 4 is 22.9 Å². The molecule has 3 aromatic rings. The van der Waals surface area contributed by atoms with Gasteiger partial charge in [0.05, 0.1) is 17.6 Å². The number of para-hydroxylation sites is 2. The number of rotatable bonds is 1. The normalized spacial score (nSPS) is 16.3. The first-order chi connectivity index (χ1) is 11.3. The van der Waals surface area contributed by atoms with Crippen LogP contribution in [0.1, 0.15) is 16.9 Å². The number of carbonyl (C=O) groups excluding carboxylic acids is 1. The third-order valence-corrected chi connectivity index (χ3v) is 4.39. The summed E-state index contributed by atoms with van der Waals surface area (Å²) >= 11 is 0. The van der Waals surface area contributed by atoms with E-state index in [4.69, 9.17) is 4.74 Å². The first-order valence-corrected chi connectivity index (χ1v) is 7.79. The monoisotopic (exact) mass is 309 g/mol. The number of ether oxygens (including phenoxy) is 1. The average Bonchev–Trinajstić information content (AvgIpc) is 3.26. The number of amides is 1. The minimum Gasteiger partial charge on any atom is -0.478 e. The van der Waals surface area contributed by atoms with Gasteiger partial charge in [0.15, 0.2) is 5.69 Å². The van der Waals surface area contributed by atoms with E-state index in [0.717, 1.165) is 30.5 Å². The summed E-state index contributed by atoms with van der Waals surface area (Å²) in [5.74, 6) is 1.25. The number of fused-ring (bicyclic) bond motifs is 4. The van der Waals surface area contributed by atoms with Crippen LogP contribution in [0.5, 0.6) is 5.88 Å². The molecule has 2 aliphatic heterocycles. The molecule has 116 valence electrons. The maximum Gasteiger partial charge on any atom is 0.281 e. The Kier molecular flexibility index (Phi) is 2.53. The maximum absolute atomic E-state index is 12.8. The zero-order valence-corrected chi connectivity index (χ0v) is 12.5. The summed E-state index contributed by atoms with van der Waals surface area (Å²) in [6.07, 6.45) is 0.918. The smallest absolute Gasteiger partial charge is 0.281 e. The van der Waals surface area contributed by atoms with Gasteiger partial charge in [-0.1, -0.05) is 12.1 Å². The Morgan fingerprint density at radius 2 is 2.09 bits per heavy atom. The van der Waals surface area contributed by atoms with Gasteiger partial charge < -0.3 is 9.30 Å². The molecular formula is C16H15N5O2. The zero-order chi connectivity index (χ0) is 15.4. The lowest BCUT2D eigenvalue weighted by molar-refractivity contribution is 0.0983. The van der Waals surface area contributed by atoms with E-state index >= 15 is 0 Å². The number of aryl methyl sites for hydroxylation is 1. The Labute approximate surface area is 132 Å². The summed E-state index contributed by atoms with van der Waals surface area (Å²) in [4.78, 5) is 19.2. The zero-order valence-electron chi connectivity index (χ0n) is 12.5. The summed E-state index contributed by atoms with van der Waals surface area (Å²) in [5, 5.41) is 4.39. The molecule has 1 aromatic carbocycles. The molecule has 0 saturated heterocycles. The molecule has 0 unspecified atom stereocenters. The summed E-state index contributed by atoms with van der Waals surface area (Å²) in [6, 6.07) is 9.67. The second kappa shape index (κ2) is 4.58. The standard InChI is InChI=1S/C16H15N5O2/c22-15(12-10-14-21(18-12)6-3-9-23-14)20-8-7-19-13-5-2-1-4-11(13)17-16(19)20/h1-2,4-5,10H,3,6-9H2. The molecule has 2 aromatic heterocycles. The average molecular weight is 309 g/mol. The van der Waals surface area contributed by atoms with Crippen LogP contribution in [0.25, 0.3) is 11.0 Å². The number of imidazole rings is 1. The van der Waals surface area contributed by atoms with Gasteiger partial charge in [-0.25, -0.2) is 9.67 Å². The predicted molar refractivity (Wildman–Crippen MR) is 83.7 cm³/mol. The highest BCUT2D eigenvalue weighted by atomic mass is 16.5. The Morgan fingerprint density at radius 1 is 1.17 bits per heavy atom. The summed E-state index contributed by atoms with van der Waals surface area (Å²) in [7, 11) is 0. The van der Waals surface area contributed by atoms with E-state index in [-0.39, 0.29) is 5.91 Å². The Morgan fingerprint density at radius 3 is 3.00 bits per heavy atom. The maximum atomic E-state index is 12.8. The second-order valence-electron chi connectivity index (χ2n) is 5.80. The van der Waals surface area contributed by atoms with Crippen molar-refractivity contribution in [2.24, 2.45) is 0 Å². The highest BCUT2D eigenvalue weighted by molar-refractivity contribution is 6.05. The number of hydrogen-bond acceptors (Lipinski definition) is 4. The van der Waals surface area contributed by atoms with Gasteiger partial charge in [-0.3, -0.25) is 9.69 Å². The molecule has 1 amide bonds. The van der Waals surface area contributed by atoms with Crippen molar-refractivity contribution in [1.29, 1.82) is 0 Å². The topological polar surface area (TPSA) is 65.2 Å². The fourth-order valence-electron chi connectivity index (χ4n) is 3.29. The third-order valence-electron chi connectivity index (χ3n) is 4.39. The van der Waals surface area contributed by atoms with E-state index in [1.807, 2.05) is 24.3 Å². The van der Waals surface area contributed by atoms with Gasteiger partial charge in [0.25, 0.3) is 5.91 Å². The minimum absolute atomic E-state index is 0.121. The Hall–Kier alpha value is -2.83. The van der Waals surface area contributed by atoms with Crippen LogP contribution in [0.4, 0.5) is 5.95 Å². The van der Waals surface area contributed by atoms with Crippen LogP contribution in [0, 0.1) is 0 Å². The highest BCUT2D eigenvalue weighted by Crippen LogP contribution is 2.29. The quantitative estimate of drug-likeness (QED) is 0.686. The summed E-state index contributed by atoms with van der Waals surface area (Å²) < 4.78 is 9.39. The Balaban J connectivity index is 1.54. The van der Waals surface area contributed by atoms with Crippen LogP contribution in [-0.4, -0.2) is 38.4 Å². The third kappa shape index (κ3) is 1.79. The van der Waals surface area contributed by atoms with E-state index in [2.05, 4.69) is 14.6 Å². The van der Waals surface area contributed by atoms with Crippen molar-refractivity contribution in [2.45, 2.75) is 19.5 Å². The van der Waals surface area contributed by atoms with Crippen LogP contribution >= 0.6 is 0 Å². The number of aromatic nitrogens is 4. The van der Waals surface area contributed by atoms with Crippen molar-refractivity contribution in [3.05, 3.63) is 36.0 Å². The SMILES string of the molecule is O=C(c1cc2n(n1)CCCO2)N1CCn2c1nc1ccccc12. The molecule has 7 heteroatoms. The summed E-state index contributed by atoms with van der Waals surface area (Å²) in [6.45, 7) is 2.85. The van der Waals surface area contributed by atoms with Gasteiger partial charge in [-0.2, -0.15) is 5.10 Å². The van der Waals surface area contributed by atoms with Gasteiger partial charge in [-0.15, -0.1) is 0 Å². The molecule has 0 spiro atoms. The molecule has 0 N–H and O–H groups in total. The van der Waals surface area contributed by atoms with Gasteiger partial charge >= 0.3 is 0 Å². The molecule has 23 heavy (non-hydrogen) atoms. The Bertz CT molecular complexity index is 902. The van der Waals surface area contributed by atoms with Crippen LogP contribution in [0.15, 0.2) is 30.3 Å². The number of anilines is 1. The van der Waals surface area contributed by atoms with Crippen LogP contribution < -0.4 is 9.64 Å². The van der Waals surface area contributed by atoms with E-state index in [9.17, 15) is 4.79 Å². The molecule has 0 atom stereocenters. The molecule has 2 aliphatic rings. The molecule has 7 nitrogen and oxygen atoms in total. The van der Waals surface area contributed by atoms with E-state index in [1.165, 1.54) is 0 Å². The van der Waals surface area contributed by atoms with Crippen LogP contribution in [-0.2, 0) is 13.1 Å². The number of nitrogens with zero attached hydrogens (tertiary/aromatic N) is 5. The predicted octanol–water partition coefficient (Wildman–Crippen LogP) is 1.68. The van der Waals surface area contributed by atoms with Crippen LogP contribution in [0.3, 0.4) is 0 Å². The van der Waals surface area contributed by atoms with Crippen molar-refractivity contribution < 1.29 is 9.53 Å². The second-order valence-corrected chi connectivity index (χ2v) is 5.80.